The molecule has 0 saturated carbocycles. The van der Waals surface area contributed by atoms with Crippen LogP contribution in [-0.2, 0) is 0 Å². The van der Waals surface area contributed by atoms with Gasteiger partial charge in [0.05, 0.1) is 5.56 Å². The summed E-state index contributed by atoms with van der Waals surface area (Å²) in [6, 6.07) is 0.955. The van der Waals surface area contributed by atoms with Crippen LogP contribution in [0.2, 0.25) is 0 Å². The third-order valence-electron chi connectivity index (χ3n) is 3.48. The Balaban J connectivity index is 1.81. The predicted octanol–water partition coefficient (Wildman–Crippen LogP) is 0.800. The van der Waals surface area contributed by atoms with Gasteiger partial charge < -0.3 is 5.32 Å². The number of carbonyl (C=O) groups is 1. The summed E-state index contributed by atoms with van der Waals surface area (Å²) in [7, 11) is 0. The molecule has 3 rings (SSSR count). The molecule has 0 spiro atoms. The molecule has 78 valence electrons. The van der Waals surface area contributed by atoms with E-state index in [0.29, 0.717) is 17.6 Å². The lowest BCUT2D eigenvalue weighted by Gasteiger charge is -2.18. The molecule has 0 aliphatic carbocycles. The summed E-state index contributed by atoms with van der Waals surface area (Å²) < 4.78 is 0. The van der Waals surface area contributed by atoms with E-state index in [1.165, 1.54) is 12.7 Å². The zero-order valence-corrected chi connectivity index (χ0v) is 8.39. The van der Waals surface area contributed by atoms with E-state index in [1.807, 2.05) is 0 Å². The van der Waals surface area contributed by atoms with E-state index in [9.17, 15) is 4.79 Å². The van der Waals surface area contributed by atoms with Crippen LogP contribution in [0.25, 0.3) is 0 Å². The molecule has 3 unspecified atom stereocenters. The van der Waals surface area contributed by atoms with E-state index in [2.05, 4.69) is 15.3 Å². The number of aromatic nitrogens is 2. The summed E-state index contributed by atoms with van der Waals surface area (Å²) >= 11 is 0. The maximum atomic E-state index is 12.1. The van der Waals surface area contributed by atoms with E-state index >= 15 is 0 Å². The summed E-state index contributed by atoms with van der Waals surface area (Å²) in [6.07, 6.45) is 8.02. The highest BCUT2D eigenvalue weighted by Gasteiger charge is 2.42. The molecule has 15 heavy (non-hydrogen) atoms. The van der Waals surface area contributed by atoms with Gasteiger partial charge in [-0.05, 0) is 19.3 Å². The minimum Gasteiger partial charge on any atom is -0.310 e. The number of rotatable bonds is 2. The Morgan fingerprint density at radius 2 is 2.13 bits per heavy atom. The summed E-state index contributed by atoms with van der Waals surface area (Å²) in [6.45, 7) is 0. The average Bonchev–Trinajstić information content (AvgIpc) is 2.91. The quantitative estimate of drug-likeness (QED) is 0.722. The normalized spacial score (nSPS) is 33.2. The second kappa shape index (κ2) is 3.38. The zero-order valence-electron chi connectivity index (χ0n) is 8.39. The zero-order chi connectivity index (χ0) is 10.3. The number of ketones is 1. The van der Waals surface area contributed by atoms with Crippen LogP contribution in [0, 0.1) is 5.92 Å². The number of hydrogen-bond acceptors (Lipinski definition) is 4. The minimum absolute atomic E-state index is 0.148. The van der Waals surface area contributed by atoms with Gasteiger partial charge in [0.25, 0.3) is 0 Å². The Morgan fingerprint density at radius 3 is 2.73 bits per heavy atom. The van der Waals surface area contributed by atoms with Crippen molar-refractivity contribution in [1.82, 2.24) is 15.3 Å². The fourth-order valence-corrected chi connectivity index (χ4v) is 2.75. The lowest BCUT2D eigenvalue weighted by atomic mass is 9.84. The van der Waals surface area contributed by atoms with Gasteiger partial charge in [-0.1, -0.05) is 0 Å². The second-order valence-corrected chi connectivity index (χ2v) is 4.38. The molecule has 3 atom stereocenters. The first-order chi connectivity index (χ1) is 7.34. The topological polar surface area (TPSA) is 54.9 Å². The van der Waals surface area contributed by atoms with Gasteiger partial charge in [-0.15, -0.1) is 0 Å². The third-order valence-corrected chi connectivity index (χ3v) is 3.48. The maximum absolute atomic E-state index is 12.1. The van der Waals surface area contributed by atoms with Gasteiger partial charge in [-0.3, -0.25) is 4.79 Å². The Morgan fingerprint density at radius 1 is 1.33 bits per heavy atom. The van der Waals surface area contributed by atoms with Crippen molar-refractivity contribution >= 4 is 5.78 Å². The lowest BCUT2D eigenvalue weighted by molar-refractivity contribution is 0.0900. The number of nitrogens with zero attached hydrogens (tertiary/aromatic N) is 2. The van der Waals surface area contributed by atoms with Gasteiger partial charge >= 0.3 is 0 Å². The fourth-order valence-electron chi connectivity index (χ4n) is 2.75. The highest BCUT2D eigenvalue weighted by atomic mass is 16.1. The van der Waals surface area contributed by atoms with Gasteiger partial charge in [0.1, 0.15) is 6.33 Å². The molecule has 0 amide bonds. The van der Waals surface area contributed by atoms with Crippen molar-refractivity contribution in [2.24, 2.45) is 5.92 Å². The number of nitrogens with one attached hydrogen (secondary N) is 1. The SMILES string of the molecule is O=C(c1cncnc1)C1CC2CCC1N2. The van der Waals surface area contributed by atoms with E-state index in [1.54, 1.807) is 12.4 Å². The Hall–Kier alpha value is -1.29. The molecule has 1 aromatic heterocycles. The number of fused-ring (bicyclic) bond motifs is 2. The first kappa shape index (κ1) is 8.97. The molecular formula is C11H13N3O. The molecule has 0 radical (unpaired) electrons. The van der Waals surface area contributed by atoms with E-state index in [0.717, 1.165) is 12.8 Å². The van der Waals surface area contributed by atoms with Gasteiger partial charge in [-0.25, -0.2) is 9.97 Å². The van der Waals surface area contributed by atoms with Crippen molar-refractivity contribution in [2.45, 2.75) is 31.3 Å². The molecule has 0 aromatic carbocycles. The maximum Gasteiger partial charge on any atom is 0.170 e. The number of carbonyl (C=O) groups excluding carboxylic acids is 1. The smallest absolute Gasteiger partial charge is 0.170 e. The summed E-state index contributed by atoms with van der Waals surface area (Å²) in [5.41, 5.74) is 0.650. The minimum atomic E-state index is 0.148. The number of Topliss-reactive ketones (excluding diaryl/α,β-unsaturated/α-hetero) is 1. The lowest BCUT2D eigenvalue weighted by Crippen LogP contribution is -2.28. The van der Waals surface area contributed by atoms with Gasteiger partial charge in [0.15, 0.2) is 5.78 Å². The molecule has 2 saturated heterocycles. The standard InChI is InChI=1S/C11H13N3O/c15-11(7-4-12-6-13-5-7)9-3-8-1-2-10(9)14-8/h4-6,8-10,14H,1-3H2. The molecule has 4 nitrogen and oxygen atoms in total. The average molecular weight is 203 g/mol. The van der Waals surface area contributed by atoms with Crippen molar-refractivity contribution in [3.8, 4) is 0 Å². The molecule has 3 heterocycles. The molecule has 2 aliphatic rings. The highest BCUT2D eigenvalue weighted by Crippen LogP contribution is 2.34. The third kappa shape index (κ3) is 1.45. The molecule has 2 fully saturated rings. The first-order valence-electron chi connectivity index (χ1n) is 5.40. The largest absolute Gasteiger partial charge is 0.310 e. The van der Waals surface area contributed by atoms with Crippen LogP contribution in [0.3, 0.4) is 0 Å². The van der Waals surface area contributed by atoms with Crippen LogP contribution in [0.4, 0.5) is 0 Å². The van der Waals surface area contributed by atoms with Gasteiger partial charge in [0, 0.05) is 30.4 Å². The first-order valence-corrected chi connectivity index (χ1v) is 5.40. The molecular weight excluding hydrogens is 190 g/mol. The predicted molar refractivity (Wildman–Crippen MR) is 54.4 cm³/mol. The molecule has 2 aliphatic heterocycles. The molecule has 4 heteroatoms. The van der Waals surface area contributed by atoms with Crippen molar-refractivity contribution in [2.75, 3.05) is 0 Å². The van der Waals surface area contributed by atoms with E-state index in [-0.39, 0.29) is 11.7 Å². The van der Waals surface area contributed by atoms with Crippen LogP contribution < -0.4 is 5.32 Å². The fraction of sp³-hybridized carbons (Fsp3) is 0.545. The van der Waals surface area contributed by atoms with Crippen LogP contribution >= 0.6 is 0 Å². The van der Waals surface area contributed by atoms with E-state index < -0.39 is 0 Å². The molecule has 2 bridgehead atoms. The molecule has 1 aromatic rings. The van der Waals surface area contributed by atoms with E-state index in [4.69, 9.17) is 0 Å². The van der Waals surface area contributed by atoms with Gasteiger partial charge in [0.2, 0.25) is 0 Å². The van der Waals surface area contributed by atoms with Crippen LogP contribution in [0.5, 0.6) is 0 Å². The second-order valence-electron chi connectivity index (χ2n) is 4.38. The summed E-state index contributed by atoms with van der Waals surface area (Å²) in [5.74, 6) is 0.352. The van der Waals surface area contributed by atoms with Crippen molar-refractivity contribution in [3.05, 3.63) is 24.3 Å². The van der Waals surface area contributed by atoms with Crippen molar-refractivity contribution in [3.63, 3.8) is 0 Å². The Labute approximate surface area is 88.1 Å². The number of hydrogen-bond donors (Lipinski definition) is 1. The summed E-state index contributed by atoms with van der Waals surface area (Å²) in [4.78, 5) is 19.9. The van der Waals surface area contributed by atoms with Gasteiger partial charge in [-0.2, -0.15) is 0 Å². The van der Waals surface area contributed by atoms with Crippen LogP contribution in [0.15, 0.2) is 18.7 Å². The Bertz CT molecular complexity index is 379. The highest BCUT2D eigenvalue weighted by molar-refractivity contribution is 5.98. The van der Waals surface area contributed by atoms with Crippen molar-refractivity contribution in [1.29, 1.82) is 0 Å². The summed E-state index contributed by atoms with van der Waals surface area (Å²) in [5, 5.41) is 3.47. The Kier molecular flexibility index (Phi) is 2.02. The monoisotopic (exact) mass is 203 g/mol. The van der Waals surface area contributed by atoms with Crippen molar-refractivity contribution < 1.29 is 4.79 Å². The molecule has 1 N–H and O–H groups in total. The van der Waals surface area contributed by atoms with Crippen LogP contribution in [-0.4, -0.2) is 27.8 Å². The van der Waals surface area contributed by atoms with Crippen LogP contribution in [0.1, 0.15) is 29.6 Å².